The highest BCUT2D eigenvalue weighted by Crippen LogP contribution is 2.39. The Balaban J connectivity index is 1.51. The molecule has 1 aromatic heterocycles. The molecule has 2 aliphatic heterocycles. The van der Waals surface area contributed by atoms with Crippen LogP contribution in [0.1, 0.15) is 28.4 Å². The molecule has 0 fully saturated rings. The molecule has 0 saturated heterocycles. The van der Waals surface area contributed by atoms with Crippen LogP contribution in [0.3, 0.4) is 0 Å². The summed E-state index contributed by atoms with van der Waals surface area (Å²) in [6.07, 6.45) is 1.63. The normalized spacial score (nSPS) is 18.6. The lowest BCUT2D eigenvalue weighted by atomic mass is 10.1. The van der Waals surface area contributed by atoms with Crippen LogP contribution < -0.4 is 14.8 Å². The van der Waals surface area contributed by atoms with Gasteiger partial charge < -0.3 is 19.4 Å². The fourth-order valence-corrected chi connectivity index (χ4v) is 3.21. The number of halogens is 1. The molecule has 0 spiro atoms. The highest BCUT2D eigenvalue weighted by Gasteiger charge is 2.25. The molecule has 2 aromatic rings. The summed E-state index contributed by atoms with van der Waals surface area (Å²) in [5.41, 5.74) is 0.463. The van der Waals surface area contributed by atoms with Crippen LogP contribution in [0.4, 0.5) is 0 Å². The van der Waals surface area contributed by atoms with Gasteiger partial charge in [0, 0.05) is 24.6 Å². The number of aromatic nitrogens is 3. The lowest BCUT2D eigenvalue weighted by Crippen LogP contribution is -2.41. The third-order valence-electron chi connectivity index (χ3n) is 4.16. The largest absolute Gasteiger partial charge is 0.454 e. The SMILES string of the molecule is Cc1nnc2n1C[C@@H](NC(=O)c1cc(Cl)c3c(c1)OCO3)CC2. The Morgan fingerprint density at radius 1 is 1.39 bits per heavy atom. The molecule has 7 nitrogen and oxygen atoms in total. The van der Waals surface area contributed by atoms with Crippen molar-refractivity contribution in [1.29, 1.82) is 0 Å². The summed E-state index contributed by atoms with van der Waals surface area (Å²) in [6, 6.07) is 3.29. The minimum atomic E-state index is -0.177. The molecule has 0 unspecified atom stereocenters. The van der Waals surface area contributed by atoms with Crippen molar-refractivity contribution in [3.05, 3.63) is 34.4 Å². The zero-order chi connectivity index (χ0) is 16.0. The first-order valence-electron chi connectivity index (χ1n) is 7.40. The van der Waals surface area contributed by atoms with Gasteiger partial charge >= 0.3 is 0 Å². The first-order chi connectivity index (χ1) is 11.1. The Morgan fingerprint density at radius 2 is 2.26 bits per heavy atom. The Morgan fingerprint density at radius 3 is 3.13 bits per heavy atom. The first-order valence-corrected chi connectivity index (χ1v) is 7.78. The van der Waals surface area contributed by atoms with E-state index in [1.165, 1.54) is 0 Å². The molecular formula is C15H15ClN4O3. The van der Waals surface area contributed by atoms with Crippen LogP contribution in [0, 0.1) is 6.92 Å². The van der Waals surface area contributed by atoms with Gasteiger partial charge in [-0.1, -0.05) is 11.6 Å². The van der Waals surface area contributed by atoms with E-state index in [0.717, 1.165) is 24.5 Å². The molecule has 3 heterocycles. The molecular weight excluding hydrogens is 320 g/mol. The van der Waals surface area contributed by atoms with E-state index in [0.29, 0.717) is 28.6 Å². The highest BCUT2D eigenvalue weighted by atomic mass is 35.5. The van der Waals surface area contributed by atoms with Gasteiger partial charge in [0.25, 0.3) is 5.91 Å². The van der Waals surface area contributed by atoms with Crippen LogP contribution >= 0.6 is 11.6 Å². The summed E-state index contributed by atoms with van der Waals surface area (Å²) < 4.78 is 12.6. The summed E-state index contributed by atoms with van der Waals surface area (Å²) in [4.78, 5) is 12.5. The number of fused-ring (bicyclic) bond motifs is 2. The molecule has 2 aliphatic rings. The molecule has 0 saturated carbocycles. The van der Waals surface area contributed by atoms with Gasteiger partial charge in [0.15, 0.2) is 11.5 Å². The molecule has 1 aromatic carbocycles. The number of rotatable bonds is 2. The molecule has 0 radical (unpaired) electrons. The number of amides is 1. The number of benzene rings is 1. The van der Waals surface area contributed by atoms with Crippen molar-refractivity contribution in [2.24, 2.45) is 0 Å². The van der Waals surface area contributed by atoms with Crippen LogP contribution in [-0.2, 0) is 13.0 Å². The van der Waals surface area contributed by atoms with Crippen molar-refractivity contribution >= 4 is 17.5 Å². The molecule has 23 heavy (non-hydrogen) atoms. The molecule has 1 atom stereocenters. The number of carbonyl (C=O) groups is 1. The topological polar surface area (TPSA) is 78.3 Å². The van der Waals surface area contributed by atoms with Crippen LogP contribution in [0.5, 0.6) is 11.5 Å². The van der Waals surface area contributed by atoms with Gasteiger partial charge in [-0.15, -0.1) is 10.2 Å². The number of aryl methyl sites for hydroxylation is 2. The molecule has 8 heteroatoms. The van der Waals surface area contributed by atoms with Gasteiger partial charge in [0.2, 0.25) is 6.79 Å². The van der Waals surface area contributed by atoms with Crippen molar-refractivity contribution in [2.75, 3.05) is 6.79 Å². The van der Waals surface area contributed by atoms with Crippen molar-refractivity contribution in [3.63, 3.8) is 0 Å². The second-order valence-electron chi connectivity index (χ2n) is 5.67. The minimum Gasteiger partial charge on any atom is -0.454 e. The van der Waals surface area contributed by atoms with Gasteiger partial charge in [-0.3, -0.25) is 4.79 Å². The number of carbonyl (C=O) groups excluding carboxylic acids is 1. The van der Waals surface area contributed by atoms with Gasteiger partial charge in [-0.25, -0.2) is 0 Å². The predicted octanol–water partition coefficient (Wildman–Crippen LogP) is 1.71. The summed E-state index contributed by atoms with van der Waals surface area (Å²) in [7, 11) is 0. The molecule has 120 valence electrons. The highest BCUT2D eigenvalue weighted by molar-refractivity contribution is 6.32. The summed E-state index contributed by atoms with van der Waals surface area (Å²) in [6.45, 7) is 2.72. The molecule has 1 N–H and O–H groups in total. The van der Waals surface area contributed by atoms with Crippen LogP contribution in [-0.4, -0.2) is 33.5 Å². The molecule has 4 rings (SSSR count). The summed E-state index contributed by atoms with van der Waals surface area (Å²) in [5.74, 6) is 2.66. The third-order valence-corrected chi connectivity index (χ3v) is 4.44. The molecule has 0 bridgehead atoms. The number of nitrogens with one attached hydrogen (secondary N) is 1. The predicted molar refractivity (Wildman–Crippen MR) is 81.9 cm³/mol. The fourth-order valence-electron chi connectivity index (χ4n) is 2.95. The molecule has 0 aliphatic carbocycles. The quantitative estimate of drug-likeness (QED) is 0.904. The molecule has 1 amide bonds. The minimum absolute atomic E-state index is 0.0360. The van der Waals surface area contributed by atoms with Gasteiger partial charge in [-0.2, -0.15) is 0 Å². The lowest BCUT2D eigenvalue weighted by molar-refractivity contribution is 0.0927. The van der Waals surface area contributed by atoms with E-state index in [-0.39, 0.29) is 18.7 Å². The fraction of sp³-hybridized carbons (Fsp3) is 0.400. The maximum atomic E-state index is 12.5. The van der Waals surface area contributed by atoms with Gasteiger partial charge in [0.1, 0.15) is 11.6 Å². The maximum absolute atomic E-state index is 12.5. The van der Waals surface area contributed by atoms with Crippen molar-refractivity contribution in [2.45, 2.75) is 32.4 Å². The number of nitrogens with zero attached hydrogens (tertiary/aromatic N) is 3. The van der Waals surface area contributed by atoms with Gasteiger partial charge in [0.05, 0.1) is 5.02 Å². The van der Waals surface area contributed by atoms with E-state index in [1.54, 1.807) is 12.1 Å². The summed E-state index contributed by atoms with van der Waals surface area (Å²) >= 11 is 6.13. The smallest absolute Gasteiger partial charge is 0.251 e. The van der Waals surface area contributed by atoms with E-state index < -0.39 is 0 Å². The second-order valence-corrected chi connectivity index (χ2v) is 6.08. The third kappa shape index (κ3) is 2.50. The van der Waals surface area contributed by atoms with Crippen LogP contribution in [0.25, 0.3) is 0 Å². The van der Waals surface area contributed by atoms with E-state index in [2.05, 4.69) is 15.5 Å². The zero-order valence-electron chi connectivity index (χ0n) is 12.5. The maximum Gasteiger partial charge on any atom is 0.251 e. The average molecular weight is 335 g/mol. The summed E-state index contributed by atoms with van der Waals surface area (Å²) in [5, 5.41) is 11.6. The van der Waals surface area contributed by atoms with E-state index >= 15 is 0 Å². The van der Waals surface area contributed by atoms with Crippen molar-refractivity contribution in [3.8, 4) is 11.5 Å². The van der Waals surface area contributed by atoms with Crippen molar-refractivity contribution < 1.29 is 14.3 Å². The van der Waals surface area contributed by atoms with Crippen LogP contribution in [0.2, 0.25) is 5.02 Å². The van der Waals surface area contributed by atoms with Crippen LogP contribution in [0.15, 0.2) is 12.1 Å². The number of hydrogen-bond donors (Lipinski definition) is 1. The average Bonchev–Trinajstić information content (AvgIpc) is 3.15. The second kappa shape index (κ2) is 5.42. The van der Waals surface area contributed by atoms with E-state index in [9.17, 15) is 4.79 Å². The Bertz CT molecular complexity index is 789. The number of ether oxygens (including phenoxy) is 2. The Hall–Kier alpha value is -2.28. The van der Waals surface area contributed by atoms with Crippen molar-refractivity contribution in [1.82, 2.24) is 20.1 Å². The lowest BCUT2D eigenvalue weighted by Gasteiger charge is -2.25. The Kier molecular flexibility index (Phi) is 3.37. The van der Waals surface area contributed by atoms with E-state index in [1.807, 2.05) is 11.5 Å². The Labute approximate surface area is 137 Å². The van der Waals surface area contributed by atoms with E-state index in [4.69, 9.17) is 21.1 Å². The zero-order valence-corrected chi connectivity index (χ0v) is 13.3. The standard InChI is InChI=1S/C15H15ClN4O3/c1-8-18-19-13-3-2-10(6-20(8)13)17-15(21)9-4-11(16)14-12(5-9)22-7-23-14/h4-5,10H,2-3,6-7H2,1H3,(H,17,21)/t10-/m0/s1. The number of hydrogen-bond acceptors (Lipinski definition) is 5. The monoisotopic (exact) mass is 334 g/mol. The first kappa shape index (κ1) is 14.3. The van der Waals surface area contributed by atoms with Gasteiger partial charge in [-0.05, 0) is 25.5 Å².